The third kappa shape index (κ3) is 4.24. The van der Waals surface area contributed by atoms with Gasteiger partial charge in [-0.05, 0) is 48.9 Å². The summed E-state index contributed by atoms with van der Waals surface area (Å²) in [7, 11) is 0. The van der Waals surface area contributed by atoms with Crippen molar-refractivity contribution in [2.45, 2.75) is 39.3 Å². The first kappa shape index (κ1) is 17.8. The summed E-state index contributed by atoms with van der Waals surface area (Å²) in [5, 5.41) is 3.46. The number of fused-ring (bicyclic) bond motifs is 1. The highest BCUT2D eigenvalue weighted by molar-refractivity contribution is 5.80. The highest BCUT2D eigenvalue weighted by atomic mass is 15.3. The summed E-state index contributed by atoms with van der Waals surface area (Å²) in [4.78, 5) is 14.3. The monoisotopic (exact) mass is 363 g/mol. The number of anilines is 1. The Morgan fingerprint density at radius 1 is 1.07 bits per heavy atom. The van der Waals surface area contributed by atoms with Gasteiger partial charge in [0, 0.05) is 38.9 Å². The number of nitrogens with one attached hydrogen (secondary N) is 1. The molecule has 5 nitrogen and oxygen atoms in total. The van der Waals surface area contributed by atoms with Crippen molar-refractivity contribution in [3.05, 3.63) is 59.3 Å². The number of hydrogen-bond donors (Lipinski definition) is 1. The smallest absolute Gasteiger partial charge is 0.194 e. The van der Waals surface area contributed by atoms with Crippen LogP contribution in [0.3, 0.4) is 0 Å². The van der Waals surface area contributed by atoms with Gasteiger partial charge in [0.2, 0.25) is 0 Å². The van der Waals surface area contributed by atoms with Crippen molar-refractivity contribution in [2.24, 2.45) is 4.99 Å². The number of rotatable bonds is 4. The molecule has 1 N–H and O–H groups in total. The topological polar surface area (TPSA) is 43.8 Å². The summed E-state index contributed by atoms with van der Waals surface area (Å²) in [5.74, 6) is 2.09. The van der Waals surface area contributed by atoms with Gasteiger partial charge in [-0.15, -0.1) is 0 Å². The number of pyridine rings is 1. The lowest BCUT2D eigenvalue weighted by Crippen LogP contribution is -2.44. The maximum absolute atomic E-state index is 4.89. The minimum atomic E-state index is 0.660. The molecule has 4 rings (SSSR count). The van der Waals surface area contributed by atoms with Gasteiger partial charge in [-0.2, -0.15) is 0 Å². The fourth-order valence-electron chi connectivity index (χ4n) is 3.91. The number of guanidine groups is 1. The van der Waals surface area contributed by atoms with E-state index in [2.05, 4.69) is 63.4 Å². The van der Waals surface area contributed by atoms with Crippen molar-refractivity contribution in [3.8, 4) is 0 Å². The molecule has 5 heteroatoms. The van der Waals surface area contributed by atoms with Crippen LogP contribution in [0.5, 0.6) is 0 Å². The Morgan fingerprint density at radius 3 is 2.63 bits per heavy atom. The zero-order chi connectivity index (χ0) is 18.5. The van der Waals surface area contributed by atoms with Gasteiger partial charge in [-0.25, -0.2) is 9.98 Å². The van der Waals surface area contributed by atoms with E-state index in [4.69, 9.17) is 4.99 Å². The van der Waals surface area contributed by atoms with Gasteiger partial charge in [-0.3, -0.25) is 0 Å². The predicted molar refractivity (Wildman–Crippen MR) is 111 cm³/mol. The lowest BCUT2D eigenvalue weighted by Gasteiger charge is -2.31. The van der Waals surface area contributed by atoms with E-state index in [0.29, 0.717) is 6.54 Å². The van der Waals surface area contributed by atoms with E-state index in [1.807, 2.05) is 6.20 Å². The summed E-state index contributed by atoms with van der Waals surface area (Å²) in [6.45, 7) is 7.86. The third-order valence-corrected chi connectivity index (χ3v) is 5.42. The van der Waals surface area contributed by atoms with E-state index >= 15 is 0 Å². The van der Waals surface area contributed by atoms with E-state index in [9.17, 15) is 0 Å². The highest BCUT2D eigenvalue weighted by Crippen LogP contribution is 2.20. The number of benzene rings is 1. The largest absolute Gasteiger partial charge is 0.357 e. The summed E-state index contributed by atoms with van der Waals surface area (Å²) in [5.41, 5.74) is 4.03. The van der Waals surface area contributed by atoms with Crippen LogP contribution in [0.1, 0.15) is 36.5 Å². The fraction of sp³-hybridized carbons (Fsp3) is 0.455. The van der Waals surface area contributed by atoms with E-state index in [1.54, 1.807) is 0 Å². The van der Waals surface area contributed by atoms with Gasteiger partial charge in [0.05, 0.1) is 6.54 Å². The molecule has 0 spiro atoms. The minimum absolute atomic E-state index is 0.660. The molecule has 1 aromatic carbocycles. The lowest BCUT2D eigenvalue weighted by molar-refractivity contribution is 0.378. The van der Waals surface area contributed by atoms with Gasteiger partial charge in [0.15, 0.2) is 5.96 Å². The van der Waals surface area contributed by atoms with Gasteiger partial charge in [-0.1, -0.05) is 30.3 Å². The summed E-state index contributed by atoms with van der Waals surface area (Å²) < 4.78 is 0. The van der Waals surface area contributed by atoms with Crippen LogP contribution >= 0.6 is 0 Å². The molecular weight excluding hydrogens is 334 g/mol. The summed E-state index contributed by atoms with van der Waals surface area (Å²) in [6.07, 6.45) is 5.61. The molecule has 0 unspecified atom stereocenters. The Bertz CT molecular complexity index is 778. The molecule has 0 bridgehead atoms. The van der Waals surface area contributed by atoms with Crippen molar-refractivity contribution in [1.82, 2.24) is 15.2 Å². The Balaban J connectivity index is 1.43. The first-order chi connectivity index (χ1) is 13.3. The van der Waals surface area contributed by atoms with Crippen molar-refractivity contribution < 1.29 is 0 Å². The maximum Gasteiger partial charge on any atom is 0.194 e. The van der Waals surface area contributed by atoms with Crippen LogP contribution in [0.2, 0.25) is 0 Å². The molecule has 1 saturated heterocycles. The van der Waals surface area contributed by atoms with Crippen LogP contribution in [-0.2, 0) is 19.5 Å². The second-order valence-corrected chi connectivity index (χ2v) is 7.33. The minimum Gasteiger partial charge on any atom is -0.357 e. The zero-order valence-electron chi connectivity index (χ0n) is 16.2. The van der Waals surface area contributed by atoms with Crippen LogP contribution in [-0.4, -0.2) is 42.0 Å². The molecule has 0 amide bonds. The Kier molecular flexibility index (Phi) is 5.56. The Labute approximate surface area is 162 Å². The average molecular weight is 364 g/mol. The van der Waals surface area contributed by atoms with Crippen LogP contribution < -0.4 is 10.2 Å². The van der Waals surface area contributed by atoms with Gasteiger partial charge in [0.25, 0.3) is 0 Å². The van der Waals surface area contributed by atoms with Crippen molar-refractivity contribution in [1.29, 1.82) is 0 Å². The van der Waals surface area contributed by atoms with Gasteiger partial charge in [0.1, 0.15) is 5.82 Å². The standard InChI is InChI=1S/C22H29N5/c1-2-23-22(27-14-11-19-7-3-4-8-20(19)17-27)25-16-18-9-10-21(24-15-18)26-12-5-6-13-26/h3-4,7-10,15H,2,5-6,11-14,16-17H2,1H3,(H,23,25). The normalized spacial score (nSPS) is 17.1. The van der Waals surface area contributed by atoms with Crippen LogP contribution in [0, 0.1) is 0 Å². The molecule has 2 aliphatic heterocycles. The molecule has 0 saturated carbocycles. The average Bonchev–Trinajstić information content (AvgIpc) is 3.26. The van der Waals surface area contributed by atoms with Crippen molar-refractivity contribution in [2.75, 3.05) is 31.1 Å². The quantitative estimate of drug-likeness (QED) is 0.669. The predicted octanol–water partition coefficient (Wildman–Crippen LogP) is 3.21. The van der Waals surface area contributed by atoms with Crippen molar-refractivity contribution >= 4 is 11.8 Å². The molecule has 2 aromatic rings. The van der Waals surface area contributed by atoms with Crippen LogP contribution in [0.15, 0.2) is 47.6 Å². The highest BCUT2D eigenvalue weighted by Gasteiger charge is 2.18. The molecule has 2 aliphatic rings. The lowest BCUT2D eigenvalue weighted by atomic mass is 10.0. The Morgan fingerprint density at radius 2 is 1.89 bits per heavy atom. The molecular formula is C22H29N5. The van der Waals surface area contributed by atoms with Gasteiger partial charge >= 0.3 is 0 Å². The first-order valence-electron chi connectivity index (χ1n) is 10.1. The van der Waals surface area contributed by atoms with Gasteiger partial charge < -0.3 is 15.1 Å². The molecule has 1 fully saturated rings. The number of aromatic nitrogens is 1. The van der Waals surface area contributed by atoms with Crippen molar-refractivity contribution in [3.63, 3.8) is 0 Å². The summed E-state index contributed by atoms with van der Waals surface area (Å²) >= 11 is 0. The van der Waals surface area contributed by atoms with E-state index in [-0.39, 0.29) is 0 Å². The van der Waals surface area contributed by atoms with Crippen LogP contribution in [0.25, 0.3) is 0 Å². The number of nitrogens with zero attached hydrogens (tertiary/aromatic N) is 4. The maximum atomic E-state index is 4.89. The molecule has 142 valence electrons. The molecule has 0 atom stereocenters. The number of aliphatic imine (C=N–C) groups is 1. The third-order valence-electron chi connectivity index (χ3n) is 5.42. The first-order valence-corrected chi connectivity index (χ1v) is 10.1. The van der Waals surface area contributed by atoms with E-state index < -0.39 is 0 Å². The SMILES string of the molecule is CCNC(=NCc1ccc(N2CCCC2)nc1)N1CCc2ccccc2C1. The molecule has 27 heavy (non-hydrogen) atoms. The van der Waals surface area contributed by atoms with E-state index in [1.165, 1.54) is 24.0 Å². The second-order valence-electron chi connectivity index (χ2n) is 7.33. The Hall–Kier alpha value is -2.56. The van der Waals surface area contributed by atoms with Crippen LogP contribution in [0.4, 0.5) is 5.82 Å². The second kappa shape index (κ2) is 8.42. The molecule has 0 radical (unpaired) electrons. The molecule has 3 heterocycles. The molecule has 0 aliphatic carbocycles. The van der Waals surface area contributed by atoms with E-state index in [0.717, 1.165) is 56.5 Å². The number of hydrogen-bond acceptors (Lipinski definition) is 3. The zero-order valence-corrected chi connectivity index (χ0v) is 16.2. The fourth-order valence-corrected chi connectivity index (χ4v) is 3.91. The summed E-state index contributed by atoms with van der Waals surface area (Å²) in [6, 6.07) is 13.0. The molecule has 1 aromatic heterocycles.